The molecule has 3 aromatic rings. The van der Waals surface area contributed by atoms with Gasteiger partial charge in [-0.05, 0) is 55.2 Å². The Hall–Kier alpha value is -3.02. The van der Waals surface area contributed by atoms with Gasteiger partial charge in [0.1, 0.15) is 6.04 Å². The number of amides is 1. The van der Waals surface area contributed by atoms with Gasteiger partial charge in [-0.15, -0.1) is 0 Å². The van der Waals surface area contributed by atoms with Gasteiger partial charge in [0.15, 0.2) is 0 Å². The normalized spacial score (nSPS) is 13.3. The molecule has 4 N–H and O–H groups in total. The first-order valence-corrected chi connectivity index (χ1v) is 8.85. The molecule has 0 radical (unpaired) electrons. The van der Waals surface area contributed by atoms with Crippen LogP contribution >= 0.6 is 0 Å². The molecule has 0 unspecified atom stereocenters. The van der Waals surface area contributed by atoms with Crippen molar-refractivity contribution < 1.29 is 4.79 Å². The van der Waals surface area contributed by atoms with Crippen LogP contribution in [-0.4, -0.2) is 21.9 Å². The molecule has 0 aliphatic heterocycles. The van der Waals surface area contributed by atoms with E-state index in [4.69, 9.17) is 0 Å². The van der Waals surface area contributed by atoms with Crippen molar-refractivity contribution in [2.45, 2.75) is 39.2 Å². The van der Waals surface area contributed by atoms with Gasteiger partial charge in [-0.25, -0.2) is 4.79 Å². The van der Waals surface area contributed by atoms with Gasteiger partial charge in [0, 0.05) is 11.4 Å². The van der Waals surface area contributed by atoms with Gasteiger partial charge in [0.25, 0.3) is 0 Å². The summed E-state index contributed by atoms with van der Waals surface area (Å²) in [6.45, 7) is 6.19. The number of carbonyl (C=O) groups excluding carboxylic acids is 1. The first-order valence-electron chi connectivity index (χ1n) is 8.85. The summed E-state index contributed by atoms with van der Waals surface area (Å²) in [6, 6.07) is 13.1. The first kappa shape index (κ1) is 17.8. The van der Waals surface area contributed by atoms with Crippen LogP contribution in [0.5, 0.6) is 0 Å². The SMILES string of the molecule is CC[C@H](C)c1ccc(N[C@H](C)C(=O)Nc2ccc3[nH]c(=O)[nH]c3c2)cc1. The third-order valence-electron chi connectivity index (χ3n) is 4.65. The zero-order chi connectivity index (χ0) is 18.7. The van der Waals surface area contributed by atoms with Crippen molar-refractivity contribution in [1.82, 2.24) is 9.97 Å². The minimum absolute atomic E-state index is 0.145. The highest BCUT2D eigenvalue weighted by atomic mass is 16.2. The monoisotopic (exact) mass is 352 g/mol. The number of carbonyl (C=O) groups is 1. The molecule has 0 aliphatic rings. The number of H-pyrrole nitrogens is 2. The van der Waals surface area contributed by atoms with Crippen molar-refractivity contribution in [1.29, 1.82) is 0 Å². The summed E-state index contributed by atoms with van der Waals surface area (Å²) in [5, 5.41) is 6.08. The van der Waals surface area contributed by atoms with Crippen molar-refractivity contribution >= 4 is 28.3 Å². The molecule has 2 aromatic carbocycles. The maximum atomic E-state index is 12.4. The molecule has 6 heteroatoms. The number of nitrogens with one attached hydrogen (secondary N) is 4. The van der Waals surface area contributed by atoms with E-state index < -0.39 is 6.04 Å². The average Bonchev–Trinajstić information content (AvgIpc) is 3.00. The van der Waals surface area contributed by atoms with Crippen LogP contribution in [0, 0.1) is 0 Å². The Bertz CT molecular complexity index is 956. The Kier molecular flexibility index (Phi) is 5.11. The topological polar surface area (TPSA) is 89.8 Å². The third kappa shape index (κ3) is 3.96. The molecule has 6 nitrogen and oxygen atoms in total. The molecule has 1 amide bonds. The zero-order valence-electron chi connectivity index (χ0n) is 15.2. The van der Waals surface area contributed by atoms with Gasteiger partial charge >= 0.3 is 5.69 Å². The second-order valence-corrected chi connectivity index (χ2v) is 6.63. The maximum Gasteiger partial charge on any atom is 0.323 e. The number of hydrogen-bond donors (Lipinski definition) is 4. The van der Waals surface area contributed by atoms with Gasteiger partial charge < -0.3 is 20.6 Å². The highest BCUT2D eigenvalue weighted by Crippen LogP contribution is 2.21. The molecule has 0 bridgehead atoms. The fraction of sp³-hybridized carbons (Fsp3) is 0.300. The lowest BCUT2D eigenvalue weighted by molar-refractivity contribution is -0.116. The second-order valence-electron chi connectivity index (χ2n) is 6.63. The quantitative estimate of drug-likeness (QED) is 0.544. The van der Waals surface area contributed by atoms with Crippen molar-refractivity contribution in [3.05, 3.63) is 58.5 Å². The summed E-state index contributed by atoms with van der Waals surface area (Å²) in [6.07, 6.45) is 1.10. The summed E-state index contributed by atoms with van der Waals surface area (Å²) in [5.74, 6) is 0.382. The number of aromatic amines is 2. The molecule has 0 spiro atoms. The number of hydrogen-bond acceptors (Lipinski definition) is 3. The van der Waals surface area contributed by atoms with Crippen LogP contribution in [0.4, 0.5) is 11.4 Å². The van der Waals surface area contributed by atoms with Gasteiger partial charge in [0.05, 0.1) is 11.0 Å². The van der Waals surface area contributed by atoms with E-state index in [9.17, 15) is 9.59 Å². The second kappa shape index (κ2) is 7.47. The van der Waals surface area contributed by atoms with E-state index in [1.807, 2.05) is 19.1 Å². The number of fused-ring (bicyclic) bond motifs is 1. The molecule has 0 aliphatic carbocycles. The predicted molar refractivity (Wildman–Crippen MR) is 106 cm³/mol. The molecule has 2 atom stereocenters. The molecular formula is C20H24N4O2. The third-order valence-corrected chi connectivity index (χ3v) is 4.65. The Morgan fingerprint density at radius 2 is 1.65 bits per heavy atom. The summed E-state index contributed by atoms with van der Waals surface area (Å²) in [7, 11) is 0. The largest absolute Gasteiger partial charge is 0.374 e. The van der Waals surface area contributed by atoms with E-state index in [1.165, 1.54) is 5.56 Å². The lowest BCUT2D eigenvalue weighted by Gasteiger charge is -2.16. The number of benzene rings is 2. The van der Waals surface area contributed by atoms with Crippen LogP contribution in [0.3, 0.4) is 0 Å². The van der Waals surface area contributed by atoms with Crippen molar-refractivity contribution in [2.75, 3.05) is 10.6 Å². The summed E-state index contributed by atoms with van der Waals surface area (Å²) in [4.78, 5) is 29.1. The maximum absolute atomic E-state index is 12.4. The summed E-state index contributed by atoms with van der Waals surface area (Å²) >= 11 is 0. The van der Waals surface area contributed by atoms with E-state index in [1.54, 1.807) is 18.2 Å². The minimum Gasteiger partial charge on any atom is -0.374 e. The molecule has 1 aromatic heterocycles. The number of rotatable bonds is 6. The van der Waals surface area contributed by atoms with E-state index in [2.05, 4.69) is 46.6 Å². The molecule has 1 heterocycles. The van der Waals surface area contributed by atoms with Gasteiger partial charge in [0.2, 0.25) is 5.91 Å². The highest BCUT2D eigenvalue weighted by Gasteiger charge is 2.13. The van der Waals surface area contributed by atoms with Crippen LogP contribution in [0.1, 0.15) is 38.7 Å². The predicted octanol–water partition coefficient (Wildman–Crippen LogP) is 3.81. The van der Waals surface area contributed by atoms with E-state index in [0.29, 0.717) is 22.6 Å². The van der Waals surface area contributed by atoms with Crippen molar-refractivity contribution in [3.63, 3.8) is 0 Å². The Morgan fingerprint density at radius 1 is 1.00 bits per heavy atom. The van der Waals surface area contributed by atoms with Gasteiger partial charge in [-0.2, -0.15) is 0 Å². The minimum atomic E-state index is -0.398. The van der Waals surface area contributed by atoms with Crippen LogP contribution in [0.2, 0.25) is 0 Å². The fourth-order valence-corrected chi connectivity index (χ4v) is 2.82. The molecule has 0 saturated carbocycles. The lowest BCUT2D eigenvalue weighted by atomic mass is 9.98. The van der Waals surface area contributed by atoms with E-state index in [0.717, 1.165) is 12.1 Å². The van der Waals surface area contributed by atoms with E-state index >= 15 is 0 Å². The van der Waals surface area contributed by atoms with Gasteiger partial charge in [-0.1, -0.05) is 26.0 Å². The van der Waals surface area contributed by atoms with Crippen LogP contribution in [0.25, 0.3) is 11.0 Å². The number of imidazole rings is 1. The van der Waals surface area contributed by atoms with Gasteiger partial charge in [-0.3, -0.25) is 4.79 Å². The molecule has 0 fully saturated rings. The Labute approximate surface area is 152 Å². The van der Waals surface area contributed by atoms with Crippen LogP contribution < -0.4 is 16.3 Å². The van der Waals surface area contributed by atoms with E-state index in [-0.39, 0.29) is 11.6 Å². The van der Waals surface area contributed by atoms with Crippen LogP contribution in [-0.2, 0) is 4.79 Å². The number of aromatic nitrogens is 2. The molecule has 0 saturated heterocycles. The molecule has 26 heavy (non-hydrogen) atoms. The average molecular weight is 352 g/mol. The fourth-order valence-electron chi connectivity index (χ4n) is 2.82. The smallest absolute Gasteiger partial charge is 0.323 e. The zero-order valence-corrected chi connectivity index (χ0v) is 15.2. The number of anilines is 2. The summed E-state index contributed by atoms with van der Waals surface area (Å²) < 4.78 is 0. The van der Waals surface area contributed by atoms with Crippen molar-refractivity contribution in [2.24, 2.45) is 0 Å². The molecule has 136 valence electrons. The molecular weight excluding hydrogens is 328 g/mol. The Morgan fingerprint density at radius 3 is 2.35 bits per heavy atom. The van der Waals surface area contributed by atoms with Crippen molar-refractivity contribution in [3.8, 4) is 0 Å². The first-order chi connectivity index (χ1) is 12.5. The molecule has 3 rings (SSSR count). The standard InChI is InChI=1S/C20H24N4O2/c1-4-12(2)14-5-7-15(8-6-14)21-13(3)19(25)22-16-9-10-17-18(11-16)24-20(26)23-17/h5-13,21H,4H2,1-3H3,(H,22,25)(H2,23,24,26)/t12-,13+/m0/s1. The van der Waals surface area contributed by atoms with Crippen LogP contribution in [0.15, 0.2) is 47.3 Å². The lowest BCUT2D eigenvalue weighted by Crippen LogP contribution is -2.31. The highest BCUT2D eigenvalue weighted by molar-refractivity contribution is 5.97. The Balaban J connectivity index is 1.64. The summed E-state index contributed by atoms with van der Waals surface area (Å²) in [5.41, 5.74) is 3.95.